The summed E-state index contributed by atoms with van der Waals surface area (Å²) >= 11 is 0. The summed E-state index contributed by atoms with van der Waals surface area (Å²) < 4.78 is 7.43. The average Bonchev–Trinajstić information content (AvgIpc) is 3.24. The summed E-state index contributed by atoms with van der Waals surface area (Å²) in [5.41, 5.74) is 8.84. The Morgan fingerprint density at radius 1 is 1.27 bits per heavy atom. The van der Waals surface area contributed by atoms with Gasteiger partial charge in [0.25, 0.3) is 0 Å². The summed E-state index contributed by atoms with van der Waals surface area (Å²) in [7, 11) is 0. The molecule has 0 bridgehead atoms. The summed E-state index contributed by atoms with van der Waals surface area (Å²) in [6.45, 7) is 0.279. The van der Waals surface area contributed by atoms with Crippen LogP contribution in [0.1, 0.15) is 18.2 Å². The summed E-state index contributed by atoms with van der Waals surface area (Å²) in [4.78, 5) is 13.0. The van der Waals surface area contributed by atoms with E-state index in [1.54, 1.807) is 10.9 Å². The number of rotatable bonds is 5. The maximum Gasteiger partial charge on any atom is 0.167 e. The normalized spacial score (nSPS) is 22.8. The Bertz CT molecular complexity index is 914. The van der Waals surface area contributed by atoms with Crippen molar-refractivity contribution >= 4 is 22.7 Å². The standard InChI is InChI=1S/C17H20N6O3/c18-11-4-2-1-3-10(11)6-19-16-15-17(21-8-20-16)23(9-22-15)14-5-12(25)13(7-24)26-14/h1-4,8-9,12-14,24-25H,5-7,18H2,(H,19,20,21)/t12-,13+,14?/m0/s1. The van der Waals surface area contributed by atoms with Crippen LogP contribution in [0.3, 0.4) is 0 Å². The van der Waals surface area contributed by atoms with E-state index in [4.69, 9.17) is 10.5 Å². The number of para-hydroxylation sites is 1. The average molecular weight is 356 g/mol. The predicted octanol–water partition coefficient (Wildman–Crippen LogP) is 0.661. The van der Waals surface area contributed by atoms with Gasteiger partial charge in [-0.1, -0.05) is 18.2 Å². The highest BCUT2D eigenvalue weighted by atomic mass is 16.5. The van der Waals surface area contributed by atoms with E-state index in [1.165, 1.54) is 6.33 Å². The minimum Gasteiger partial charge on any atom is -0.398 e. The topological polar surface area (TPSA) is 131 Å². The molecular formula is C17H20N6O3. The van der Waals surface area contributed by atoms with E-state index >= 15 is 0 Å². The molecule has 0 spiro atoms. The van der Waals surface area contributed by atoms with E-state index in [1.807, 2.05) is 24.3 Å². The smallest absolute Gasteiger partial charge is 0.167 e. The van der Waals surface area contributed by atoms with Gasteiger partial charge in [-0.05, 0) is 11.6 Å². The number of nitrogens with one attached hydrogen (secondary N) is 1. The number of aliphatic hydroxyl groups excluding tert-OH is 2. The highest BCUT2D eigenvalue weighted by molar-refractivity contribution is 5.82. The first-order valence-corrected chi connectivity index (χ1v) is 8.36. The quantitative estimate of drug-likeness (QED) is 0.490. The largest absolute Gasteiger partial charge is 0.398 e. The van der Waals surface area contributed by atoms with E-state index < -0.39 is 18.4 Å². The van der Waals surface area contributed by atoms with Crippen molar-refractivity contribution in [1.29, 1.82) is 0 Å². The molecule has 1 saturated heterocycles. The fourth-order valence-corrected chi connectivity index (χ4v) is 3.12. The lowest BCUT2D eigenvalue weighted by atomic mass is 10.2. The summed E-state index contributed by atoms with van der Waals surface area (Å²) in [6, 6.07) is 7.61. The zero-order valence-electron chi connectivity index (χ0n) is 14.0. The van der Waals surface area contributed by atoms with Crippen LogP contribution in [0.4, 0.5) is 11.5 Å². The van der Waals surface area contributed by atoms with Crippen molar-refractivity contribution in [2.24, 2.45) is 0 Å². The summed E-state index contributed by atoms with van der Waals surface area (Å²) in [6.07, 6.45) is 1.68. The molecule has 1 aliphatic rings. The van der Waals surface area contributed by atoms with Gasteiger partial charge in [0.15, 0.2) is 17.0 Å². The number of aliphatic hydroxyl groups is 2. The maximum atomic E-state index is 9.95. The number of benzene rings is 1. The number of aromatic nitrogens is 4. The number of hydrogen-bond donors (Lipinski definition) is 4. The molecular weight excluding hydrogens is 336 g/mol. The molecule has 3 aromatic rings. The fourth-order valence-electron chi connectivity index (χ4n) is 3.12. The number of nitrogen functional groups attached to an aromatic ring is 1. The molecule has 136 valence electrons. The van der Waals surface area contributed by atoms with Gasteiger partial charge in [-0.3, -0.25) is 4.57 Å². The maximum absolute atomic E-state index is 9.95. The molecule has 9 nitrogen and oxygen atoms in total. The Labute approximate surface area is 149 Å². The molecule has 1 aromatic carbocycles. The van der Waals surface area contributed by atoms with Crippen LogP contribution in [-0.2, 0) is 11.3 Å². The van der Waals surface area contributed by atoms with Gasteiger partial charge in [0, 0.05) is 18.7 Å². The highest BCUT2D eigenvalue weighted by Gasteiger charge is 2.35. The van der Waals surface area contributed by atoms with Gasteiger partial charge in [0.1, 0.15) is 18.7 Å². The third kappa shape index (κ3) is 2.96. The van der Waals surface area contributed by atoms with Crippen LogP contribution in [0.15, 0.2) is 36.9 Å². The van der Waals surface area contributed by atoms with E-state index in [-0.39, 0.29) is 6.61 Å². The third-order valence-corrected chi connectivity index (χ3v) is 4.55. The number of imidazole rings is 1. The van der Waals surface area contributed by atoms with E-state index in [0.29, 0.717) is 35.6 Å². The first kappa shape index (κ1) is 16.7. The van der Waals surface area contributed by atoms with Crippen LogP contribution in [0.2, 0.25) is 0 Å². The van der Waals surface area contributed by atoms with Gasteiger partial charge in [0.2, 0.25) is 0 Å². The predicted molar refractivity (Wildman–Crippen MR) is 95.1 cm³/mol. The van der Waals surface area contributed by atoms with Crippen LogP contribution >= 0.6 is 0 Å². The summed E-state index contributed by atoms with van der Waals surface area (Å²) in [5, 5.41) is 22.4. The number of anilines is 2. The Hall–Kier alpha value is -2.75. The van der Waals surface area contributed by atoms with Crippen LogP contribution < -0.4 is 11.1 Å². The van der Waals surface area contributed by atoms with Gasteiger partial charge in [0.05, 0.1) is 19.0 Å². The molecule has 26 heavy (non-hydrogen) atoms. The fraction of sp³-hybridized carbons (Fsp3) is 0.353. The molecule has 2 aromatic heterocycles. The molecule has 4 rings (SSSR count). The molecule has 3 atom stereocenters. The van der Waals surface area contributed by atoms with Crippen LogP contribution in [0.25, 0.3) is 11.2 Å². The van der Waals surface area contributed by atoms with Crippen LogP contribution in [-0.4, -0.2) is 48.5 Å². The van der Waals surface area contributed by atoms with Crippen molar-refractivity contribution in [3.8, 4) is 0 Å². The summed E-state index contributed by atoms with van der Waals surface area (Å²) in [5.74, 6) is 0.592. The first-order chi connectivity index (χ1) is 12.7. The molecule has 0 saturated carbocycles. The second kappa shape index (κ2) is 6.87. The monoisotopic (exact) mass is 356 g/mol. The van der Waals surface area contributed by atoms with Crippen molar-refractivity contribution in [1.82, 2.24) is 19.5 Å². The van der Waals surface area contributed by atoms with Crippen molar-refractivity contribution in [2.45, 2.75) is 31.4 Å². The number of fused-ring (bicyclic) bond motifs is 1. The number of ether oxygens (including phenoxy) is 1. The van der Waals surface area contributed by atoms with Gasteiger partial charge < -0.3 is 26.0 Å². The van der Waals surface area contributed by atoms with Gasteiger partial charge in [-0.15, -0.1) is 0 Å². The lowest BCUT2D eigenvalue weighted by molar-refractivity contribution is -0.0432. The molecule has 9 heteroatoms. The van der Waals surface area contributed by atoms with E-state index in [9.17, 15) is 10.2 Å². The first-order valence-electron chi connectivity index (χ1n) is 8.36. The Morgan fingerprint density at radius 2 is 2.12 bits per heavy atom. The van der Waals surface area contributed by atoms with E-state index in [0.717, 1.165) is 5.56 Å². The molecule has 5 N–H and O–H groups in total. The molecule has 0 aliphatic carbocycles. The molecule has 3 heterocycles. The van der Waals surface area contributed by atoms with E-state index in [2.05, 4.69) is 20.3 Å². The van der Waals surface area contributed by atoms with Crippen LogP contribution in [0, 0.1) is 0 Å². The van der Waals surface area contributed by atoms with Crippen LogP contribution in [0.5, 0.6) is 0 Å². The molecule has 1 unspecified atom stereocenters. The van der Waals surface area contributed by atoms with Gasteiger partial charge in [-0.25, -0.2) is 15.0 Å². The lowest BCUT2D eigenvalue weighted by Crippen LogP contribution is -2.24. The third-order valence-electron chi connectivity index (χ3n) is 4.55. The number of hydrogen-bond acceptors (Lipinski definition) is 8. The molecule has 1 aliphatic heterocycles. The van der Waals surface area contributed by atoms with Crippen molar-refractivity contribution in [2.75, 3.05) is 17.7 Å². The molecule has 0 amide bonds. The minimum absolute atomic E-state index is 0.232. The number of nitrogens with two attached hydrogens (primary N) is 1. The van der Waals surface area contributed by atoms with Crippen molar-refractivity contribution in [3.63, 3.8) is 0 Å². The molecule has 1 fully saturated rings. The Morgan fingerprint density at radius 3 is 2.88 bits per heavy atom. The SMILES string of the molecule is Nc1ccccc1CNc1ncnc2c1ncn2C1C[C@H](O)[C@@H](CO)O1. The second-order valence-electron chi connectivity index (χ2n) is 6.21. The van der Waals surface area contributed by atoms with Crippen molar-refractivity contribution < 1.29 is 14.9 Å². The Balaban J connectivity index is 1.58. The second-order valence-corrected chi connectivity index (χ2v) is 6.21. The number of nitrogens with zero attached hydrogens (tertiary/aromatic N) is 4. The lowest BCUT2D eigenvalue weighted by Gasteiger charge is -2.13. The zero-order valence-corrected chi connectivity index (χ0v) is 14.0. The van der Waals surface area contributed by atoms with Gasteiger partial charge in [-0.2, -0.15) is 0 Å². The highest BCUT2D eigenvalue weighted by Crippen LogP contribution is 2.31. The Kier molecular flexibility index (Phi) is 4.41. The van der Waals surface area contributed by atoms with Crippen molar-refractivity contribution in [3.05, 3.63) is 42.5 Å². The molecule has 0 radical (unpaired) electrons. The van der Waals surface area contributed by atoms with Gasteiger partial charge >= 0.3 is 0 Å². The minimum atomic E-state index is -0.720. The zero-order chi connectivity index (χ0) is 18.1.